The van der Waals surface area contributed by atoms with E-state index in [2.05, 4.69) is 55.6 Å². The first kappa shape index (κ1) is 15.4. The Balaban J connectivity index is 1.62. The maximum atomic E-state index is 4.69. The van der Waals surface area contributed by atoms with E-state index in [1.165, 1.54) is 5.56 Å². The number of benzene rings is 1. The fourth-order valence-corrected chi connectivity index (χ4v) is 3.63. The van der Waals surface area contributed by atoms with E-state index < -0.39 is 0 Å². The van der Waals surface area contributed by atoms with Crippen molar-refractivity contribution in [3.8, 4) is 0 Å². The number of hydrogen-bond acceptors (Lipinski definition) is 6. The van der Waals surface area contributed by atoms with E-state index >= 15 is 0 Å². The molecule has 3 aromatic rings. The van der Waals surface area contributed by atoms with E-state index in [1.807, 2.05) is 17.5 Å². The highest BCUT2D eigenvalue weighted by atomic mass is 32.2. The van der Waals surface area contributed by atoms with Crippen molar-refractivity contribution in [1.82, 2.24) is 24.9 Å². The van der Waals surface area contributed by atoms with E-state index in [0.717, 1.165) is 48.6 Å². The van der Waals surface area contributed by atoms with Crippen LogP contribution in [0, 0.1) is 6.92 Å². The van der Waals surface area contributed by atoms with Gasteiger partial charge in [0.15, 0.2) is 0 Å². The lowest BCUT2D eigenvalue weighted by molar-refractivity contribution is 0.579. The van der Waals surface area contributed by atoms with E-state index in [9.17, 15) is 0 Å². The Morgan fingerprint density at radius 3 is 2.71 bits per heavy atom. The molecule has 0 spiro atoms. The second kappa shape index (κ2) is 6.78. The fraction of sp³-hybridized carbons (Fsp3) is 0.353. The Kier molecular flexibility index (Phi) is 4.36. The van der Waals surface area contributed by atoms with Crippen LogP contribution in [0.15, 0.2) is 41.6 Å². The first-order valence-electron chi connectivity index (χ1n) is 8.16. The zero-order valence-corrected chi connectivity index (χ0v) is 14.5. The SMILES string of the molecule is Cc1cc(N2CCNCC2)n2nc(SCc3ccccc3)nc2n1. The highest BCUT2D eigenvalue weighted by molar-refractivity contribution is 7.98. The molecule has 1 aliphatic rings. The van der Waals surface area contributed by atoms with Gasteiger partial charge in [0.05, 0.1) is 0 Å². The molecule has 2 aromatic heterocycles. The van der Waals surface area contributed by atoms with Gasteiger partial charge in [0.1, 0.15) is 5.82 Å². The van der Waals surface area contributed by atoms with Crippen molar-refractivity contribution in [3.63, 3.8) is 0 Å². The zero-order valence-electron chi connectivity index (χ0n) is 13.6. The molecule has 0 amide bonds. The number of aryl methyl sites for hydroxylation is 1. The summed E-state index contributed by atoms with van der Waals surface area (Å²) in [5.41, 5.74) is 2.25. The molecular formula is C17H20N6S. The van der Waals surface area contributed by atoms with Gasteiger partial charge in [0, 0.05) is 43.7 Å². The number of thioether (sulfide) groups is 1. The Morgan fingerprint density at radius 1 is 1.12 bits per heavy atom. The van der Waals surface area contributed by atoms with Gasteiger partial charge in [-0.3, -0.25) is 0 Å². The van der Waals surface area contributed by atoms with Crippen LogP contribution in [0.3, 0.4) is 0 Å². The highest BCUT2D eigenvalue weighted by Gasteiger charge is 2.17. The quantitative estimate of drug-likeness (QED) is 0.734. The molecule has 7 heteroatoms. The van der Waals surface area contributed by atoms with Gasteiger partial charge in [-0.15, -0.1) is 5.10 Å². The lowest BCUT2D eigenvalue weighted by Crippen LogP contribution is -2.44. The number of anilines is 1. The summed E-state index contributed by atoms with van der Waals surface area (Å²) in [5.74, 6) is 2.62. The Labute approximate surface area is 145 Å². The third-order valence-corrected chi connectivity index (χ3v) is 4.96. The van der Waals surface area contributed by atoms with Crippen molar-refractivity contribution < 1.29 is 0 Å². The monoisotopic (exact) mass is 340 g/mol. The number of hydrogen-bond donors (Lipinski definition) is 1. The molecule has 24 heavy (non-hydrogen) atoms. The van der Waals surface area contributed by atoms with Crippen molar-refractivity contribution >= 4 is 23.4 Å². The molecular weight excluding hydrogens is 320 g/mol. The topological polar surface area (TPSA) is 58.4 Å². The molecule has 3 heterocycles. The Morgan fingerprint density at radius 2 is 1.92 bits per heavy atom. The molecule has 124 valence electrons. The van der Waals surface area contributed by atoms with E-state index in [1.54, 1.807) is 11.8 Å². The summed E-state index contributed by atoms with van der Waals surface area (Å²) in [6.45, 7) is 5.95. The van der Waals surface area contributed by atoms with Crippen LogP contribution in [0.1, 0.15) is 11.3 Å². The van der Waals surface area contributed by atoms with Crippen LogP contribution in [-0.4, -0.2) is 45.8 Å². The predicted molar refractivity (Wildman–Crippen MR) is 96.6 cm³/mol. The van der Waals surface area contributed by atoms with Gasteiger partial charge in [-0.05, 0) is 12.5 Å². The largest absolute Gasteiger partial charge is 0.354 e. The molecule has 1 aliphatic heterocycles. The fourth-order valence-electron chi connectivity index (χ4n) is 2.85. The number of fused-ring (bicyclic) bond motifs is 1. The van der Waals surface area contributed by atoms with Gasteiger partial charge in [-0.1, -0.05) is 42.1 Å². The molecule has 1 N–H and O–H groups in total. The van der Waals surface area contributed by atoms with Crippen molar-refractivity contribution in [3.05, 3.63) is 47.7 Å². The number of aromatic nitrogens is 4. The lowest BCUT2D eigenvalue weighted by Gasteiger charge is -2.29. The maximum absolute atomic E-state index is 4.69. The normalized spacial score (nSPS) is 15.1. The molecule has 4 rings (SSSR count). The van der Waals surface area contributed by atoms with E-state index in [-0.39, 0.29) is 0 Å². The van der Waals surface area contributed by atoms with Gasteiger partial charge < -0.3 is 10.2 Å². The summed E-state index contributed by atoms with van der Waals surface area (Å²) < 4.78 is 1.88. The second-order valence-electron chi connectivity index (χ2n) is 5.87. The molecule has 6 nitrogen and oxygen atoms in total. The van der Waals surface area contributed by atoms with E-state index in [0.29, 0.717) is 5.78 Å². The molecule has 0 radical (unpaired) electrons. The van der Waals surface area contributed by atoms with Crippen LogP contribution in [0.2, 0.25) is 0 Å². The van der Waals surface area contributed by atoms with Gasteiger partial charge in [-0.2, -0.15) is 9.50 Å². The third-order valence-electron chi connectivity index (χ3n) is 4.05. The first-order valence-corrected chi connectivity index (χ1v) is 9.15. The Bertz CT molecular complexity index is 826. The minimum Gasteiger partial charge on any atom is -0.354 e. The summed E-state index contributed by atoms with van der Waals surface area (Å²) in [6, 6.07) is 12.5. The number of piperazine rings is 1. The predicted octanol–water partition coefficient (Wildman–Crippen LogP) is 2.13. The highest BCUT2D eigenvalue weighted by Crippen LogP contribution is 2.23. The van der Waals surface area contributed by atoms with Gasteiger partial charge in [0.2, 0.25) is 5.16 Å². The molecule has 0 saturated carbocycles. The molecule has 0 atom stereocenters. The lowest BCUT2D eigenvalue weighted by atomic mass is 10.2. The average molecular weight is 340 g/mol. The molecule has 0 aliphatic carbocycles. The first-order chi connectivity index (χ1) is 11.8. The van der Waals surface area contributed by atoms with Crippen LogP contribution >= 0.6 is 11.8 Å². The molecule has 1 fully saturated rings. The van der Waals surface area contributed by atoms with Crippen LogP contribution in [0.25, 0.3) is 5.78 Å². The number of nitrogens with one attached hydrogen (secondary N) is 1. The second-order valence-corrected chi connectivity index (χ2v) is 6.82. The van der Waals surface area contributed by atoms with Crippen molar-refractivity contribution in [2.75, 3.05) is 31.1 Å². The van der Waals surface area contributed by atoms with Crippen LogP contribution in [0.5, 0.6) is 0 Å². The summed E-state index contributed by atoms with van der Waals surface area (Å²) in [7, 11) is 0. The Hall–Kier alpha value is -2.12. The summed E-state index contributed by atoms with van der Waals surface area (Å²) in [5, 5.41) is 8.84. The number of nitrogens with zero attached hydrogens (tertiary/aromatic N) is 5. The standard InChI is InChI=1S/C17H20N6S/c1-13-11-15(22-9-7-18-8-10-22)23-16(19-13)20-17(21-23)24-12-14-5-3-2-4-6-14/h2-6,11,18H,7-10,12H2,1H3. The third kappa shape index (κ3) is 3.22. The van der Waals surface area contributed by atoms with Gasteiger partial charge >= 0.3 is 0 Å². The zero-order chi connectivity index (χ0) is 16.4. The summed E-state index contributed by atoms with van der Waals surface area (Å²) in [4.78, 5) is 11.5. The average Bonchev–Trinajstić information content (AvgIpc) is 3.03. The molecule has 0 unspecified atom stereocenters. The van der Waals surface area contributed by atoms with Crippen LogP contribution < -0.4 is 10.2 Å². The van der Waals surface area contributed by atoms with Gasteiger partial charge in [-0.25, -0.2) is 4.98 Å². The van der Waals surface area contributed by atoms with Gasteiger partial charge in [0.25, 0.3) is 5.78 Å². The molecule has 1 saturated heterocycles. The molecule has 1 aromatic carbocycles. The van der Waals surface area contributed by atoms with Crippen LogP contribution in [-0.2, 0) is 5.75 Å². The smallest absolute Gasteiger partial charge is 0.255 e. The summed E-state index contributed by atoms with van der Waals surface area (Å²) in [6.07, 6.45) is 0. The molecule has 0 bridgehead atoms. The van der Waals surface area contributed by atoms with Crippen molar-refractivity contribution in [2.24, 2.45) is 0 Å². The van der Waals surface area contributed by atoms with Crippen molar-refractivity contribution in [2.45, 2.75) is 17.8 Å². The van der Waals surface area contributed by atoms with E-state index in [4.69, 9.17) is 0 Å². The van der Waals surface area contributed by atoms with Crippen LogP contribution in [0.4, 0.5) is 5.82 Å². The maximum Gasteiger partial charge on any atom is 0.255 e. The minimum atomic E-state index is 0.680. The number of rotatable bonds is 4. The summed E-state index contributed by atoms with van der Waals surface area (Å²) >= 11 is 1.65. The van der Waals surface area contributed by atoms with Crippen molar-refractivity contribution in [1.29, 1.82) is 0 Å². The minimum absolute atomic E-state index is 0.680.